The first-order valence-corrected chi connectivity index (χ1v) is 11.3. The molecule has 2 aliphatic heterocycles. The van der Waals surface area contributed by atoms with Crippen LogP contribution in [0.5, 0.6) is 5.75 Å². The van der Waals surface area contributed by atoms with Crippen molar-refractivity contribution in [1.29, 1.82) is 0 Å². The summed E-state index contributed by atoms with van der Waals surface area (Å²) in [4.78, 5) is 17.9. The number of amides is 1. The smallest absolute Gasteiger partial charge is 0.229 e. The average Bonchev–Trinajstić information content (AvgIpc) is 3.09. The van der Waals surface area contributed by atoms with Crippen molar-refractivity contribution < 1.29 is 9.53 Å². The Kier molecular flexibility index (Phi) is 6.43. The molecule has 2 heterocycles. The Morgan fingerprint density at radius 2 is 1.63 bits per heavy atom. The number of hydrogen-bond acceptors (Lipinski definition) is 3. The molecule has 1 amide bonds. The SMILES string of the molecule is COc1ccc(CN2CCC3(CCN(CCC(C)c4ccccc4)CC3)C2=O)cc1. The second kappa shape index (κ2) is 9.22. The van der Waals surface area contributed by atoms with Gasteiger partial charge in [-0.15, -0.1) is 0 Å². The molecule has 4 nitrogen and oxygen atoms in total. The lowest BCUT2D eigenvalue weighted by molar-refractivity contribution is -0.138. The van der Waals surface area contributed by atoms with Crippen molar-refractivity contribution in [2.75, 3.05) is 33.3 Å². The summed E-state index contributed by atoms with van der Waals surface area (Å²) < 4.78 is 5.23. The van der Waals surface area contributed by atoms with Crippen LogP contribution in [-0.2, 0) is 11.3 Å². The average molecular weight is 407 g/mol. The third-order valence-corrected chi connectivity index (χ3v) is 7.19. The summed E-state index contributed by atoms with van der Waals surface area (Å²) in [6, 6.07) is 18.9. The highest BCUT2D eigenvalue weighted by atomic mass is 16.5. The molecule has 2 aromatic rings. The predicted octanol–water partition coefficient (Wildman–Crippen LogP) is 4.70. The normalized spacial score (nSPS) is 19.9. The van der Waals surface area contributed by atoms with Crippen molar-refractivity contribution in [3.63, 3.8) is 0 Å². The van der Waals surface area contributed by atoms with Crippen LogP contribution in [0.15, 0.2) is 54.6 Å². The largest absolute Gasteiger partial charge is 0.497 e. The predicted molar refractivity (Wildman–Crippen MR) is 121 cm³/mol. The molecule has 0 aromatic heterocycles. The van der Waals surface area contributed by atoms with Gasteiger partial charge in [0.05, 0.1) is 12.5 Å². The van der Waals surface area contributed by atoms with E-state index in [-0.39, 0.29) is 5.41 Å². The van der Waals surface area contributed by atoms with E-state index in [0.29, 0.717) is 18.4 Å². The molecular weight excluding hydrogens is 372 g/mol. The molecule has 2 fully saturated rings. The lowest BCUT2D eigenvalue weighted by Gasteiger charge is -2.38. The molecule has 30 heavy (non-hydrogen) atoms. The molecule has 4 heteroatoms. The highest BCUT2D eigenvalue weighted by molar-refractivity contribution is 5.85. The quantitative estimate of drug-likeness (QED) is 0.668. The molecule has 1 atom stereocenters. The number of likely N-dealkylation sites (tertiary alicyclic amines) is 2. The van der Waals surface area contributed by atoms with Gasteiger partial charge in [-0.05, 0) is 74.5 Å². The molecule has 0 saturated carbocycles. The molecule has 1 spiro atoms. The fourth-order valence-corrected chi connectivity index (χ4v) is 4.99. The lowest BCUT2D eigenvalue weighted by atomic mass is 9.77. The number of rotatable bonds is 7. The zero-order valence-corrected chi connectivity index (χ0v) is 18.3. The van der Waals surface area contributed by atoms with Crippen LogP contribution in [0.1, 0.15) is 49.7 Å². The van der Waals surface area contributed by atoms with Gasteiger partial charge in [-0.2, -0.15) is 0 Å². The Morgan fingerprint density at radius 1 is 0.967 bits per heavy atom. The van der Waals surface area contributed by atoms with Crippen molar-refractivity contribution in [3.8, 4) is 5.75 Å². The van der Waals surface area contributed by atoms with E-state index in [1.54, 1.807) is 7.11 Å². The molecule has 2 aliphatic rings. The number of nitrogens with zero attached hydrogens (tertiary/aromatic N) is 2. The molecule has 160 valence electrons. The van der Waals surface area contributed by atoms with Crippen molar-refractivity contribution >= 4 is 5.91 Å². The van der Waals surface area contributed by atoms with Crippen molar-refractivity contribution in [1.82, 2.24) is 9.80 Å². The van der Waals surface area contributed by atoms with Crippen LogP contribution < -0.4 is 4.74 Å². The first-order chi connectivity index (χ1) is 14.6. The van der Waals surface area contributed by atoms with Crippen LogP contribution in [0, 0.1) is 5.41 Å². The third-order valence-electron chi connectivity index (χ3n) is 7.19. The molecule has 1 unspecified atom stereocenters. The van der Waals surface area contributed by atoms with E-state index in [4.69, 9.17) is 4.74 Å². The number of piperidine rings is 1. The molecule has 0 N–H and O–H groups in total. The van der Waals surface area contributed by atoms with Crippen LogP contribution in [0.2, 0.25) is 0 Å². The summed E-state index contributed by atoms with van der Waals surface area (Å²) in [5, 5.41) is 0. The van der Waals surface area contributed by atoms with Crippen LogP contribution in [0.25, 0.3) is 0 Å². The lowest BCUT2D eigenvalue weighted by Crippen LogP contribution is -2.44. The van der Waals surface area contributed by atoms with Gasteiger partial charge >= 0.3 is 0 Å². The fourth-order valence-electron chi connectivity index (χ4n) is 4.99. The number of carbonyl (C=O) groups is 1. The Bertz CT molecular complexity index is 826. The van der Waals surface area contributed by atoms with E-state index in [0.717, 1.165) is 51.2 Å². The number of hydrogen-bond donors (Lipinski definition) is 0. The van der Waals surface area contributed by atoms with Gasteiger partial charge in [0.2, 0.25) is 5.91 Å². The Balaban J connectivity index is 1.27. The molecule has 4 rings (SSSR count). The van der Waals surface area contributed by atoms with Crippen molar-refractivity contribution in [2.45, 2.75) is 45.1 Å². The van der Waals surface area contributed by atoms with E-state index in [1.165, 1.54) is 17.5 Å². The van der Waals surface area contributed by atoms with E-state index < -0.39 is 0 Å². The zero-order chi connectivity index (χ0) is 21.0. The monoisotopic (exact) mass is 406 g/mol. The first-order valence-electron chi connectivity index (χ1n) is 11.3. The van der Waals surface area contributed by atoms with Crippen LogP contribution in [-0.4, -0.2) is 49.0 Å². The molecule has 2 aromatic carbocycles. The van der Waals surface area contributed by atoms with Gasteiger partial charge in [0, 0.05) is 13.1 Å². The molecule has 0 aliphatic carbocycles. The number of methoxy groups -OCH3 is 1. The summed E-state index contributed by atoms with van der Waals surface area (Å²) >= 11 is 0. The van der Waals surface area contributed by atoms with Gasteiger partial charge in [-0.1, -0.05) is 49.4 Å². The second-order valence-electron chi connectivity index (χ2n) is 9.05. The first kappa shape index (κ1) is 20.9. The van der Waals surface area contributed by atoms with Gasteiger partial charge in [0.25, 0.3) is 0 Å². The van der Waals surface area contributed by atoms with Crippen LogP contribution >= 0.6 is 0 Å². The number of benzene rings is 2. The van der Waals surface area contributed by atoms with Crippen molar-refractivity contribution in [3.05, 3.63) is 65.7 Å². The maximum Gasteiger partial charge on any atom is 0.229 e. The second-order valence-corrected chi connectivity index (χ2v) is 9.05. The molecular formula is C26H34N2O2. The minimum atomic E-state index is -0.117. The van der Waals surface area contributed by atoms with Gasteiger partial charge < -0.3 is 14.5 Å². The third kappa shape index (κ3) is 4.54. The van der Waals surface area contributed by atoms with Gasteiger partial charge in [0.15, 0.2) is 0 Å². The summed E-state index contributed by atoms with van der Waals surface area (Å²) in [6.45, 7) is 7.13. The van der Waals surface area contributed by atoms with Crippen molar-refractivity contribution in [2.24, 2.45) is 5.41 Å². The van der Waals surface area contributed by atoms with Gasteiger partial charge in [-0.3, -0.25) is 4.79 Å². The summed E-state index contributed by atoms with van der Waals surface area (Å²) in [5.41, 5.74) is 2.48. The van der Waals surface area contributed by atoms with Crippen LogP contribution in [0.4, 0.5) is 0 Å². The zero-order valence-electron chi connectivity index (χ0n) is 18.3. The Labute approximate surface area is 180 Å². The summed E-state index contributed by atoms with van der Waals surface area (Å²) in [7, 11) is 1.68. The van der Waals surface area contributed by atoms with Gasteiger partial charge in [0.1, 0.15) is 5.75 Å². The van der Waals surface area contributed by atoms with E-state index >= 15 is 0 Å². The van der Waals surface area contributed by atoms with Gasteiger partial charge in [-0.25, -0.2) is 0 Å². The fraction of sp³-hybridized carbons (Fsp3) is 0.500. The highest BCUT2D eigenvalue weighted by Crippen LogP contribution is 2.42. The number of ether oxygens (including phenoxy) is 1. The standard InChI is InChI=1S/C26H34N2O2/c1-21(23-6-4-3-5-7-23)12-16-27-17-13-26(14-18-27)15-19-28(25(26)29)20-22-8-10-24(30-2)11-9-22/h3-11,21H,12-20H2,1-2H3. The minimum absolute atomic E-state index is 0.117. The Hall–Kier alpha value is -2.33. The molecule has 2 saturated heterocycles. The maximum absolute atomic E-state index is 13.3. The molecule has 0 radical (unpaired) electrons. The Morgan fingerprint density at radius 3 is 2.30 bits per heavy atom. The van der Waals surface area contributed by atoms with E-state index in [1.807, 2.05) is 12.1 Å². The topological polar surface area (TPSA) is 32.8 Å². The minimum Gasteiger partial charge on any atom is -0.497 e. The van der Waals surface area contributed by atoms with E-state index in [9.17, 15) is 4.79 Å². The summed E-state index contributed by atoms with van der Waals surface area (Å²) in [5.74, 6) is 1.81. The van der Waals surface area contributed by atoms with Crippen LogP contribution in [0.3, 0.4) is 0 Å². The number of carbonyl (C=O) groups excluding carboxylic acids is 1. The summed E-state index contributed by atoms with van der Waals surface area (Å²) in [6.07, 6.45) is 4.19. The van der Waals surface area contributed by atoms with E-state index in [2.05, 4.69) is 59.2 Å². The highest BCUT2D eigenvalue weighted by Gasteiger charge is 2.47. The maximum atomic E-state index is 13.3. The molecule has 0 bridgehead atoms.